The number of hydrogen-bond acceptors (Lipinski definition) is 3. The van der Waals surface area contributed by atoms with Crippen LogP contribution in [0.25, 0.3) is 0 Å². The summed E-state index contributed by atoms with van der Waals surface area (Å²) in [5, 5.41) is 0.398. The van der Waals surface area contributed by atoms with Gasteiger partial charge in [-0.1, -0.05) is 30.3 Å². The van der Waals surface area contributed by atoms with Gasteiger partial charge >= 0.3 is 0 Å². The minimum absolute atomic E-state index is 0.0265. The van der Waals surface area contributed by atoms with Crippen LogP contribution in [-0.2, 0) is 10.0 Å². The maximum Gasteiger partial charge on any atom is 0.283 e. The molecule has 0 amide bonds. The fraction of sp³-hybridized carbons (Fsp3) is 0.0714. The summed E-state index contributed by atoms with van der Waals surface area (Å²) in [5.74, 6) is -0.485. The number of halogens is 1. The van der Waals surface area contributed by atoms with Gasteiger partial charge in [-0.2, -0.15) is 12.8 Å². The molecule has 20 heavy (non-hydrogen) atoms. The number of benzene rings is 2. The summed E-state index contributed by atoms with van der Waals surface area (Å²) in [6, 6.07) is 13.7. The lowest BCUT2D eigenvalue weighted by molar-refractivity contribution is 0.596. The highest BCUT2D eigenvalue weighted by atomic mass is 32.2. The zero-order valence-electron chi connectivity index (χ0n) is 10.7. The van der Waals surface area contributed by atoms with E-state index in [1.165, 1.54) is 23.9 Å². The summed E-state index contributed by atoms with van der Waals surface area (Å²) in [6.45, 7) is 0. The van der Waals surface area contributed by atoms with Gasteiger partial charge in [-0.25, -0.2) is 4.39 Å². The smallest absolute Gasteiger partial charge is 0.207 e. The molecule has 3 nitrogen and oxygen atoms in total. The minimum Gasteiger partial charge on any atom is -0.207 e. The predicted octanol–water partition coefficient (Wildman–Crippen LogP) is 3.32. The lowest BCUT2D eigenvalue weighted by atomic mass is 10.2. The van der Waals surface area contributed by atoms with E-state index in [0.29, 0.717) is 5.04 Å². The van der Waals surface area contributed by atoms with E-state index in [2.05, 4.69) is 4.40 Å². The predicted molar refractivity (Wildman–Crippen MR) is 80.1 cm³/mol. The second-order valence-electron chi connectivity index (χ2n) is 3.90. The molecular weight excluding hydrogens is 297 g/mol. The highest BCUT2D eigenvalue weighted by molar-refractivity contribution is 8.14. The van der Waals surface area contributed by atoms with Crippen molar-refractivity contribution in [3.8, 4) is 0 Å². The Morgan fingerprint density at radius 2 is 1.65 bits per heavy atom. The first-order valence-corrected chi connectivity index (χ1v) is 8.39. The van der Waals surface area contributed by atoms with E-state index in [0.717, 1.165) is 17.7 Å². The molecule has 0 bridgehead atoms. The van der Waals surface area contributed by atoms with Crippen LogP contribution in [-0.4, -0.2) is 19.7 Å². The summed E-state index contributed by atoms with van der Waals surface area (Å²) in [5.41, 5.74) is 0.727. The lowest BCUT2D eigenvalue weighted by Gasteiger charge is -2.04. The van der Waals surface area contributed by atoms with Crippen LogP contribution >= 0.6 is 11.8 Å². The molecule has 0 saturated carbocycles. The molecule has 0 atom stereocenters. The Morgan fingerprint density at radius 3 is 2.20 bits per heavy atom. The first-order valence-electron chi connectivity index (χ1n) is 5.73. The Hall–Kier alpha value is -1.66. The molecular formula is C14H12FNO2S2. The molecule has 0 fully saturated rings. The van der Waals surface area contributed by atoms with Crippen molar-refractivity contribution in [3.05, 3.63) is 66.0 Å². The van der Waals surface area contributed by atoms with Crippen molar-refractivity contribution < 1.29 is 12.8 Å². The molecule has 2 aromatic rings. The van der Waals surface area contributed by atoms with Gasteiger partial charge in [0.2, 0.25) is 0 Å². The van der Waals surface area contributed by atoms with Crippen molar-refractivity contribution in [2.45, 2.75) is 4.90 Å². The number of sulfonamides is 1. The van der Waals surface area contributed by atoms with Crippen LogP contribution in [0.1, 0.15) is 5.56 Å². The summed E-state index contributed by atoms with van der Waals surface area (Å²) in [4.78, 5) is -0.0265. The quantitative estimate of drug-likeness (QED) is 0.645. The second kappa shape index (κ2) is 6.19. The summed E-state index contributed by atoms with van der Waals surface area (Å²) >= 11 is 1.24. The Morgan fingerprint density at radius 1 is 1.05 bits per heavy atom. The van der Waals surface area contributed by atoms with Crippen molar-refractivity contribution in [2.24, 2.45) is 4.40 Å². The van der Waals surface area contributed by atoms with Gasteiger partial charge in [0.05, 0.1) is 4.90 Å². The van der Waals surface area contributed by atoms with E-state index in [1.54, 1.807) is 18.4 Å². The highest BCUT2D eigenvalue weighted by Crippen LogP contribution is 2.18. The van der Waals surface area contributed by atoms with Crippen molar-refractivity contribution >= 4 is 26.8 Å². The molecule has 0 aliphatic heterocycles. The summed E-state index contributed by atoms with van der Waals surface area (Å²) in [7, 11) is -3.84. The van der Waals surface area contributed by atoms with Crippen LogP contribution in [0.2, 0.25) is 0 Å². The third kappa shape index (κ3) is 3.46. The molecule has 0 saturated heterocycles. The molecule has 6 heteroatoms. The fourth-order valence-corrected chi connectivity index (χ4v) is 3.43. The monoisotopic (exact) mass is 309 g/mol. The summed E-state index contributed by atoms with van der Waals surface area (Å²) < 4.78 is 41.0. The first kappa shape index (κ1) is 14.7. The third-order valence-electron chi connectivity index (χ3n) is 2.53. The zero-order chi connectivity index (χ0) is 14.6. The number of thioether (sulfide) groups is 1. The number of hydrogen-bond donors (Lipinski definition) is 0. The molecule has 0 aliphatic carbocycles. The van der Waals surface area contributed by atoms with Crippen molar-refractivity contribution in [3.63, 3.8) is 0 Å². The Bertz CT molecular complexity index is 711. The highest BCUT2D eigenvalue weighted by Gasteiger charge is 2.15. The average molecular weight is 309 g/mol. The maximum atomic E-state index is 12.8. The van der Waals surface area contributed by atoms with Crippen LogP contribution in [0, 0.1) is 5.82 Å². The van der Waals surface area contributed by atoms with Gasteiger partial charge in [0.15, 0.2) is 0 Å². The van der Waals surface area contributed by atoms with Gasteiger partial charge < -0.3 is 0 Å². The second-order valence-corrected chi connectivity index (χ2v) is 6.29. The van der Waals surface area contributed by atoms with Crippen molar-refractivity contribution in [2.75, 3.05) is 6.26 Å². The van der Waals surface area contributed by atoms with E-state index in [-0.39, 0.29) is 4.90 Å². The van der Waals surface area contributed by atoms with Gasteiger partial charge in [-0.15, -0.1) is 11.8 Å². The van der Waals surface area contributed by atoms with Crippen LogP contribution < -0.4 is 0 Å². The van der Waals surface area contributed by atoms with E-state index < -0.39 is 15.8 Å². The molecule has 0 heterocycles. The van der Waals surface area contributed by atoms with E-state index in [1.807, 2.05) is 18.2 Å². The zero-order valence-corrected chi connectivity index (χ0v) is 12.3. The Balaban J connectivity index is 2.43. The van der Waals surface area contributed by atoms with Crippen LogP contribution in [0.4, 0.5) is 4.39 Å². The Labute approximate surface area is 121 Å². The summed E-state index contributed by atoms with van der Waals surface area (Å²) in [6.07, 6.45) is 1.76. The maximum absolute atomic E-state index is 12.8. The molecule has 0 radical (unpaired) electrons. The van der Waals surface area contributed by atoms with Crippen LogP contribution in [0.5, 0.6) is 0 Å². The van der Waals surface area contributed by atoms with Crippen molar-refractivity contribution in [1.29, 1.82) is 0 Å². The average Bonchev–Trinajstić information content (AvgIpc) is 2.46. The SMILES string of the molecule is CS/C(=N\S(=O)(=O)c1ccc(F)cc1)c1ccccc1. The minimum atomic E-state index is -3.84. The van der Waals surface area contributed by atoms with Crippen molar-refractivity contribution in [1.82, 2.24) is 0 Å². The number of rotatable bonds is 3. The van der Waals surface area contributed by atoms with Gasteiger partial charge in [0, 0.05) is 5.56 Å². The molecule has 0 aromatic heterocycles. The van der Waals surface area contributed by atoms with E-state index >= 15 is 0 Å². The molecule has 2 aromatic carbocycles. The molecule has 104 valence electrons. The fourth-order valence-electron chi connectivity index (χ4n) is 1.56. The van der Waals surface area contributed by atoms with Gasteiger partial charge in [0.1, 0.15) is 10.9 Å². The van der Waals surface area contributed by atoms with Crippen LogP contribution in [0.15, 0.2) is 63.9 Å². The van der Waals surface area contributed by atoms with Crippen LogP contribution in [0.3, 0.4) is 0 Å². The third-order valence-corrected chi connectivity index (χ3v) is 4.65. The van der Waals surface area contributed by atoms with Gasteiger partial charge in [0.25, 0.3) is 10.0 Å². The normalized spacial score (nSPS) is 12.4. The van der Waals surface area contributed by atoms with E-state index in [9.17, 15) is 12.8 Å². The van der Waals surface area contributed by atoms with Gasteiger partial charge in [-0.3, -0.25) is 0 Å². The molecule has 0 aliphatic rings. The largest absolute Gasteiger partial charge is 0.283 e. The molecule has 2 rings (SSSR count). The lowest BCUT2D eigenvalue weighted by Crippen LogP contribution is -2.03. The van der Waals surface area contributed by atoms with Gasteiger partial charge in [-0.05, 0) is 30.5 Å². The molecule has 0 N–H and O–H groups in total. The topological polar surface area (TPSA) is 46.5 Å². The molecule has 0 unspecified atom stereocenters. The Kier molecular flexibility index (Phi) is 4.57. The van der Waals surface area contributed by atoms with E-state index in [4.69, 9.17) is 0 Å². The number of nitrogens with zero attached hydrogens (tertiary/aromatic N) is 1. The first-order chi connectivity index (χ1) is 9.53. The standard InChI is InChI=1S/C14H12FNO2S2/c1-19-14(11-5-3-2-4-6-11)16-20(17,18)13-9-7-12(15)8-10-13/h2-10H,1H3/b16-14-. The molecule has 0 spiro atoms.